The summed E-state index contributed by atoms with van der Waals surface area (Å²) in [5.74, 6) is -2.49. The Balaban J connectivity index is 1.90. The molecule has 2 aromatic rings. The number of carbonyl (C=O) groups excluding carboxylic acids is 2. The summed E-state index contributed by atoms with van der Waals surface area (Å²) in [4.78, 5) is 29.1. The predicted octanol–water partition coefficient (Wildman–Crippen LogP) is 3.35. The zero-order chi connectivity index (χ0) is 19.8. The summed E-state index contributed by atoms with van der Waals surface area (Å²) in [6.45, 7) is 1.24. The number of anilines is 1. The maximum absolute atomic E-state index is 14.4. The maximum Gasteiger partial charge on any atom is 0.282 e. The van der Waals surface area contributed by atoms with E-state index in [9.17, 15) is 18.4 Å². The van der Waals surface area contributed by atoms with E-state index < -0.39 is 29.1 Å². The Morgan fingerprint density at radius 3 is 2.39 bits per heavy atom. The van der Waals surface area contributed by atoms with Gasteiger partial charge in [0.05, 0.1) is 18.4 Å². The van der Waals surface area contributed by atoms with Crippen LogP contribution in [0.15, 0.2) is 48.2 Å². The fourth-order valence-electron chi connectivity index (χ4n) is 3.72. The molecule has 0 aromatic heterocycles. The largest absolute Gasteiger partial charge is 0.496 e. The summed E-state index contributed by atoms with van der Waals surface area (Å²) < 4.78 is 33.5. The molecule has 0 atom stereocenters. The van der Waals surface area contributed by atoms with Crippen LogP contribution in [-0.4, -0.2) is 36.9 Å². The van der Waals surface area contributed by atoms with Crippen LogP contribution in [0.3, 0.4) is 0 Å². The van der Waals surface area contributed by atoms with Crippen LogP contribution in [0.1, 0.15) is 18.4 Å². The van der Waals surface area contributed by atoms with Gasteiger partial charge in [0.2, 0.25) is 0 Å². The minimum atomic E-state index is -0.842. The van der Waals surface area contributed by atoms with Gasteiger partial charge in [-0.15, -0.1) is 0 Å². The van der Waals surface area contributed by atoms with E-state index in [4.69, 9.17) is 4.74 Å². The van der Waals surface area contributed by atoms with Crippen molar-refractivity contribution >= 4 is 23.1 Å². The highest BCUT2D eigenvalue weighted by Crippen LogP contribution is 2.39. The first-order valence-electron chi connectivity index (χ1n) is 8.99. The van der Waals surface area contributed by atoms with Crippen LogP contribution in [0, 0.1) is 11.6 Å². The third-order valence-electron chi connectivity index (χ3n) is 5.01. The molecule has 2 aliphatic rings. The number of imide groups is 1. The van der Waals surface area contributed by atoms with Crippen LogP contribution >= 0.6 is 0 Å². The molecular formula is C21H18F2N2O3. The van der Waals surface area contributed by atoms with Crippen molar-refractivity contribution in [3.05, 3.63) is 65.4 Å². The summed E-state index contributed by atoms with van der Waals surface area (Å²) >= 11 is 0. The van der Waals surface area contributed by atoms with Gasteiger partial charge in [0.25, 0.3) is 11.8 Å². The number of para-hydroxylation sites is 1. The van der Waals surface area contributed by atoms with Gasteiger partial charge in [0.15, 0.2) is 0 Å². The molecule has 0 unspecified atom stereocenters. The molecule has 2 aliphatic heterocycles. The first-order valence-corrected chi connectivity index (χ1v) is 8.99. The van der Waals surface area contributed by atoms with Crippen LogP contribution in [0.25, 0.3) is 5.57 Å². The molecule has 2 amide bonds. The number of amides is 2. The number of ether oxygens (including phenoxy) is 1. The zero-order valence-electron chi connectivity index (χ0n) is 15.2. The van der Waals surface area contributed by atoms with Crippen molar-refractivity contribution in [3.63, 3.8) is 0 Å². The number of hydrogen-bond acceptors (Lipinski definition) is 4. The summed E-state index contributed by atoms with van der Waals surface area (Å²) in [5.41, 5.74) is 0.407. The van der Waals surface area contributed by atoms with E-state index in [1.807, 2.05) is 4.90 Å². The SMILES string of the molecule is COc1ccccc1C1=C(N2CCCC2)C(=O)N(c2cc(F)ccc2F)C1=O. The van der Waals surface area contributed by atoms with E-state index >= 15 is 0 Å². The number of methoxy groups -OCH3 is 1. The monoisotopic (exact) mass is 384 g/mol. The number of halogens is 2. The molecule has 7 heteroatoms. The topological polar surface area (TPSA) is 49.9 Å². The zero-order valence-corrected chi connectivity index (χ0v) is 15.2. The molecule has 4 rings (SSSR count). The standard InChI is InChI=1S/C21H18F2N2O3/c1-28-17-7-3-2-6-14(17)18-19(24-10-4-5-11-24)21(27)25(20(18)26)16-12-13(22)8-9-15(16)23/h2-3,6-9,12H,4-5,10-11H2,1H3. The van der Waals surface area contributed by atoms with Gasteiger partial charge in [-0.25, -0.2) is 13.7 Å². The molecule has 2 heterocycles. The Hall–Kier alpha value is -3.22. The first kappa shape index (κ1) is 18.2. The highest BCUT2D eigenvalue weighted by atomic mass is 19.1. The minimum Gasteiger partial charge on any atom is -0.496 e. The lowest BCUT2D eigenvalue weighted by Crippen LogP contribution is -2.35. The fourth-order valence-corrected chi connectivity index (χ4v) is 3.72. The van der Waals surface area contributed by atoms with Crippen LogP contribution < -0.4 is 9.64 Å². The van der Waals surface area contributed by atoms with Crippen LogP contribution in [-0.2, 0) is 9.59 Å². The molecule has 2 aromatic carbocycles. The molecule has 1 saturated heterocycles. The number of hydrogen-bond donors (Lipinski definition) is 0. The lowest BCUT2D eigenvalue weighted by Gasteiger charge is -2.20. The van der Waals surface area contributed by atoms with Crippen LogP contribution in [0.5, 0.6) is 5.75 Å². The Bertz CT molecular complexity index is 997. The molecule has 0 N–H and O–H groups in total. The maximum atomic E-state index is 14.4. The fraction of sp³-hybridized carbons (Fsp3) is 0.238. The quantitative estimate of drug-likeness (QED) is 0.759. The molecule has 0 saturated carbocycles. The molecule has 144 valence electrons. The van der Waals surface area contributed by atoms with Crippen molar-refractivity contribution in [3.8, 4) is 5.75 Å². The van der Waals surface area contributed by atoms with Gasteiger partial charge < -0.3 is 9.64 Å². The molecule has 28 heavy (non-hydrogen) atoms. The van der Waals surface area contributed by atoms with Gasteiger partial charge in [-0.3, -0.25) is 9.59 Å². The highest BCUT2D eigenvalue weighted by Gasteiger charge is 2.44. The number of likely N-dealkylation sites (tertiary alicyclic amines) is 1. The average molecular weight is 384 g/mol. The third kappa shape index (κ3) is 2.83. The second-order valence-electron chi connectivity index (χ2n) is 6.66. The predicted molar refractivity (Wildman–Crippen MR) is 99.6 cm³/mol. The van der Waals surface area contributed by atoms with Crippen molar-refractivity contribution < 1.29 is 23.1 Å². The Labute approximate surface area is 160 Å². The van der Waals surface area contributed by atoms with Gasteiger partial charge in [0, 0.05) is 24.7 Å². The first-order chi connectivity index (χ1) is 13.5. The Morgan fingerprint density at radius 2 is 1.68 bits per heavy atom. The average Bonchev–Trinajstić information content (AvgIpc) is 3.30. The smallest absolute Gasteiger partial charge is 0.282 e. The number of benzene rings is 2. The van der Waals surface area contributed by atoms with Crippen molar-refractivity contribution in [2.75, 3.05) is 25.1 Å². The van der Waals surface area contributed by atoms with Crippen molar-refractivity contribution in [2.24, 2.45) is 0 Å². The number of rotatable bonds is 4. The van der Waals surface area contributed by atoms with E-state index in [0.29, 0.717) is 29.3 Å². The molecule has 0 aliphatic carbocycles. The van der Waals surface area contributed by atoms with Crippen molar-refractivity contribution in [2.45, 2.75) is 12.8 Å². The molecule has 0 bridgehead atoms. The van der Waals surface area contributed by atoms with Gasteiger partial charge in [-0.2, -0.15) is 0 Å². The van der Waals surface area contributed by atoms with Gasteiger partial charge >= 0.3 is 0 Å². The van der Waals surface area contributed by atoms with Gasteiger partial charge in [-0.05, 0) is 31.0 Å². The second-order valence-corrected chi connectivity index (χ2v) is 6.66. The van der Waals surface area contributed by atoms with Crippen molar-refractivity contribution in [1.82, 2.24) is 4.90 Å². The van der Waals surface area contributed by atoms with Gasteiger partial charge in [-0.1, -0.05) is 18.2 Å². The van der Waals surface area contributed by atoms with Crippen LogP contribution in [0.4, 0.5) is 14.5 Å². The Kier molecular flexibility index (Phi) is 4.58. The summed E-state index contributed by atoms with van der Waals surface area (Å²) in [5, 5.41) is 0. The number of nitrogens with zero attached hydrogens (tertiary/aromatic N) is 2. The summed E-state index contributed by atoms with van der Waals surface area (Å²) in [6, 6.07) is 9.56. The van der Waals surface area contributed by atoms with Gasteiger partial charge in [0.1, 0.15) is 23.1 Å². The molecule has 1 fully saturated rings. The van der Waals surface area contributed by atoms with E-state index in [2.05, 4.69) is 0 Å². The molecular weight excluding hydrogens is 366 g/mol. The molecule has 0 spiro atoms. The normalized spacial score (nSPS) is 17.1. The highest BCUT2D eigenvalue weighted by molar-refractivity contribution is 6.45. The summed E-state index contributed by atoms with van der Waals surface area (Å²) in [7, 11) is 1.47. The summed E-state index contributed by atoms with van der Waals surface area (Å²) in [6.07, 6.45) is 1.77. The minimum absolute atomic E-state index is 0.146. The van der Waals surface area contributed by atoms with Crippen LogP contribution in [0.2, 0.25) is 0 Å². The van der Waals surface area contributed by atoms with Crippen molar-refractivity contribution in [1.29, 1.82) is 0 Å². The second kappa shape index (κ2) is 7.07. The van der Waals surface area contributed by atoms with E-state index in [0.717, 1.165) is 31.0 Å². The molecule has 5 nitrogen and oxygen atoms in total. The van der Waals surface area contributed by atoms with E-state index in [1.54, 1.807) is 24.3 Å². The third-order valence-corrected chi connectivity index (χ3v) is 5.01. The molecule has 0 radical (unpaired) electrons. The Morgan fingerprint density at radius 1 is 0.964 bits per heavy atom. The van der Waals surface area contributed by atoms with E-state index in [-0.39, 0.29) is 11.3 Å². The number of carbonyl (C=O) groups is 2. The van der Waals surface area contributed by atoms with E-state index in [1.165, 1.54) is 7.11 Å². The lowest BCUT2D eigenvalue weighted by atomic mass is 10.0. The lowest BCUT2D eigenvalue weighted by molar-refractivity contribution is -0.120.